The van der Waals surface area contributed by atoms with Gasteiger partial charge in [-0.05, 0) is 37.1 Å². The molecule has 0 fully saturated rings. The van der Waals surface area contributed by atoms with Gasteiger partial charge in [-0.15, -0.1) is 11.8 Å². The zero-order chi connectivity index (χ0) is 21.2. The van der Waals surface area contributed by atoms with E-state index in [0.29, 0.717) is 17.9 Å². The summed E-state index contributed by atoms with van der Waals surface area (Å²) in [5.41, 5.74) is 1.26. The lowest BCUT2D eigenvalue weighted by molar-refractivity contribution is -0.138. The van der Waals surface area contributed by atoms with Gasteiger partial charge in [-0.1, -0.05) is 37.3 Å². The third kappa shape index (κ3) is 7.16. The van der Waals surface area contributed by atoms with Crippen LogP contribution in [0.5, 0.6) is 0 Å². The molecule has 0 saturated heterocycles. The molecular weight excluding hydrogens is 394 g/mol. The average Bonchev–Trinajstić information content (AvgIpc) is 2.72. The number of hydrogen-bond donors (Lipinski definition) is 1. The predicted octanol–water partition coefficient (Wildman–Crippen LogP) is 4.14. The van der Waals surface area contributed by atoms with Crippen LogP contribution in [0.2, 0.25) is 0 Å². The first-order valence-corrected chi connectivity index (χ1v) is 10.7. The molecule has 0 aromatic heterocycles. The summed E-state index contributed by atoms with van der Waals surface area (Å²) in [5, 5.41) is 2.79. The van der Waals surface area contributed by atoms with Crippen LogP contribution in [-0.2, 0) is 21.9 Å². The topological polar surface area (TPSA) is 49.4 Å². The fraction of sp³-hybridized carbons (Fsp3) is 0.364. The van der Waals surface area contributed by atoms with Gasteiger partial charge in [0.25, 0.3) is 0 Å². The van der Waals surface area contributed by atoms with Crippen LogP contribution >= 0.6 is 11.8 Å². The van der Waals surface area contributed by atoms with Crippen LogP contribution in [0.3, 0.4) is 0 Å². The molecule has 0 aliphatic rings. The average molecular weight is 421 g/mol. The number of nitrogens with zero attached hydrogens (tertiary/aromatic N) is 1. The fourth-order valence-electron chi connectivity index (χ4n) is 2.71. The zero-order valence-corrected chi connectivity index (χ0v) is 17.5. The molecule has 1 N–H and O–H groups in total. The largest absolute Gasteiger partial charge is 0.354 e. The lowest BCUT2D eigenvalue weighted by Crippen LogP contribution is -2.48. The molecule has 4 nitrogen and oxygen atoms in total. The van der Waals surface area contributed by atoms with Gasteiger partial charge >= 0.3 is 0 Å². The van der Waals surface area contributed by atoms with E-state index in [1.165, 1.54) is 34.9 Å². The first-order valence-electron chi connectivity index (χ1n) is 9.55. The molecule has 0 aliphatic carbocycles. The molecule has 2 rings (SSSR count). The molecule has 7 heteroatoms. The summed E-state index contributed by atoms with van der Waals surface area (Å²) in [7, 11) is 0. The van der Waals surface area contributed by atoms with Gasteiger partial charge in [0, 0.05) is 24.4 Å². The van der Waals surface area contributed by atoms with E-state index in [1.54, 1.807) is 37.3 Å². The van der Waals surface area contributed by atoms with Gasteiger partial charge < -0.3 is 10.2 Å². The van der Waals surface area contributed by atoms with Crippen molar-refractivity contribution in [1.29, 1.82) is 0 Å². The van der Waals surface area contributed by atoms with Crippen molar-refractivity contribution in [2.45, 2.75) is 38.6 Å². The second-order valence-electron chi connectivity index (χ2n) is 6.70. The maximum atomic E-state index is 14.1. The molecule has 156 valence electrons. The standard InChI is InChI=1S/C22H26F2N2O2S/c1-3-12-25-22(28)16(2)26(13-18-6-4-5-7-20(18)24)21(27)15-29-14-17-8-10-19(23)11-9-17/h4-11,16H,3,12-15H2,1-2H3,(H,25,28). The van der Waals surface area contributed by atoms with Crippen LogP contribution in [0.15, 0.2) is 48.5 Å². The highest BCUT2D eigenvalue weighted by molar-refractivity contribution is 7.99. The number of nitrogens with one attached hydrogen (secondary N) is 1. The number of halogens is 2. The molecule has 0 heterocycles. The molecule has 0 radical (unpaired) electrons. The van der Waals surface area contributed by atoms with E-state index in [0.717, 1.165) is 12.0 Å². The second-order valence-corrected chi connectivity index (χ2v) is 7.68. The highest BCUT2D eigenvalue weighted by Crippen LogP contribution is 2.17. The van der Waals surface area contributed by atoms with E-state index in [1.807, 2.05) is 6.92 Å². The van der Waals surface area contributed by atoms with E-state index >= 15 is 0 Å². The molecular formula is C22H26F2N2O2S. The van der Waals surface area contributed by atoms with Crippen molar-refractivity contribution in [1.82, 2.24) is 10.2 Å². The molecule has 2 amide bonds. The van der Waals surface area contributed by atoms with Crippen LogP contribution in [0.25, 0.3) is 0 Å². The minimum atomic E-state index is -0.722. The summed E-state index contributed by atoms with van der Waals surface area (Å²) in [4.78, 5) is 26.7. The SMILES string of the molecule is CCCNC(=O)C(C)N(Cc1ccccc1F)C(=O)CSCc1ccc(F)cc1. The summed E-state index contributed by atoms with van der Waals surface area (Å²) < 4.78 is 27.1. The maximum Gasteiger partial charge on any atom is 0.242 e. The van der Waals surface area contributed by atoms with Gasteiger partial charge in [0.05, 0.1) is 5.75 Å². The Morgan fingerprint density at radius 2 is 1.79 bits per heavy atom. The Morgan fingerprint density at radius 1 is 1.10 bits per heavy atom. The van der Waals surface area contributed by atoms with E-state index < -0.39 is 11.9 Å². The van der Waals surface area contributed by atoms with Crippen molar-refractivity contribution in [2.24, 2.45) is 0 Å². The molecule has 29 heavy (non-hydrogen) atoms. The lowest BCUT2D eigenvalue weighted by Gasteiger charge is -2.29. The van der Waals surface area contributed by atoms with E-state index in [-0.39, 0.29) is 29.9 Å². The van der Waals surface area contributed by atoms with Crippen LogP contribution < -0.4 is 5.32 Å². The zero-order valence-electron chi connectivity index (χ0n) is 16.7. The lowest BCUT2D eigenvalue weighted by atomic mass is 10.1. The maximum absolute atomic E-state index is 14.1. The van der Waals surface area contributed by atoms with Crippen molar-refractivity contribution in [3.05, 3.63) is 71.3 Å². The Balaban J connectivity index is 2.05. The number of rotatable bonds is 10. The van der Waals surface area contributed by atoms with Gasteiger partial charge in [0.15, 0.2) is 0 Å². The molecule has 2 aromatic carbocycles. The second kappa shape index (κ2) is 11.6. The van der Waals surface area contributed by atoms with E-state index in [4.69, 9.17) is 0 Å². The quantitative estimate of drug-likeness (QED) is 0.628. The predicted molar refractivity (Wildman–Crippen MR) is 112 cm³/mol. The number of amides is 2. The minimum Gasteiger partial charge on any atom is -0.354 e. The molecule has 0 spiro atoms. The van der Waals surface area contributed by atoms with Crippen molar-refractivity contribution in [3.8, 4) is 0 Å². The van der Waals surface area contributed by atoms with Gasteiger partial charge in [0.1, 0.15) is 17.7 Å². The van der Waals surface area contributed by atoms with Crippen molar-refractivity contribution in [2.75, 3.05) is 12.3 Å². The van der Waals surface area contributed by atoms with Gasteiger partial charge in [-0.2, -0.15) is 0 Å². The minimum absolute atomic E-state index is 0.0172. The third-order valence-corrected chi connectivity index (χ3v) is 5.41. The number of carbonyl (C=O) groups excluding carboxylic acids is 2. The molecule has 1 unspecified atom stereocenters. The monoisotopic (exact) mass is 420 g/mol. The Bertz CT molecular complexity index is 815. The van der Waals surface area contributed by atoms with Crippen molar-refractivity contribution in [3.63, 3.8) is 0 Å². The van der Waals surface area contributed by atoms with Crippen LogP contribution in [0.1, 0.15) is 31.4 Å². The summed E-state index contributed by atoms with van der Waals surface area (Å²) in [5.74, 6) is -0.560. The Hall–Kier alpha value is -2.41. The third-order valence-electron chi connectivity index (χ3n) is 4.42. The van der Waals surface area contributed by atoms with E-state index in [9.17, 15) is 18.4 Å². The van der Waals surface area contributed by atoms with Gasteiger partial charge in [-0.3, -0.25) is 9.59 Å². The molecule has 0 bridgehead atoms. The summed E-state index contributed by atoms with van der Waals surface area (Å²) in [6, 6.07) is 11.6. The number of carbonyl (C=O) groups is 2. The summed E-state index contributed by atoms with van der Waals surface area (Å²) >= 11 is 1.37. The number of hydrogen-bond acceptors (Lipinski definition) is 3. The Morgan fingerprint density at radius 3 is 2.45 bits per heavy atom. The molecule has 1 atom stereocenters. The Kier molecular flexibility index (Phi) is 9.12. The highest BCUT2D eigenvalue weighted by atomic mass is 32.2. The molecule has 2 aromatic rings. The van der Waals surface area contributed by atoms with Gasteiger partial charge in [-0.25, -0.2) is 8.78 Å². The highest BCUT2D eigenvalue weighted by Gasteiger charge is 2.26. The van der Waals surface area contributed by atoms with Gasteiger partial charge in [0.2, 0.25) is 11.8 Å². The Labute approximate surface area is 174 Å². The fourth-order valence-corrected chi connectivity index (χ4v) is 3.58. The molecule has 0 saturated carbocycles. The first-order chi connectivity index (χ1) is 13.9. The van der Waals surface area contributed by atoms with Crippen LogP contribution in [0.4, 0.5) is 8.78 Å². The summed E-state index contributed by atoms with van der Waals surface area (Å²) in [6.45, 7) is 4.13. The van der Waals surface area contributed by atoms with Crippen molar-refractivity contribution >= 4 is 23.6 Å². The first kappa shape index (κ1) is 22.9. The molecule has 0 aliphatic heterocycles. The summed E-state index contributed by atoms with van der Waals surface area (Å²) in [6.07, 6.45) is 0.785. The van der Waals surface area contributed by atoms with Crippen molar-refractivity contribution < 1.29 is 18.4 Å². The number of benzene rings is 2. The smallest absolute Gasteiger partial charge is 0.242 e. The van der Waals surface area contributed by atoms with Crippen LogP contribution in [-0.4, -0.2) is 35.1 Å². The normalized spacial score (nSPS) is 11.7. The number of thioether (sulfide) groups is 1. The van der Waals surface area contributed by atoms with E-state index in [2.05, 4.69) is 5.32 Å². The van der Waals surface area contributed by atoms with Crippen LogP contribution in [0, 0.1) is 11.6 Å².